The molecular formula is C17H26N6O. The lowest BCUT2D eigenvalue weighted by Crippen LogP contribution is -2.37. The number of nitrogens with zero attached hydrogens (tertiary/aromatic N) is 4. The highest BCUT2D eigenvalue weighted by molar-refractivity contribution is 5.95. The third-order valence-corrected chi connectivity index (χ3v) is 3.77. The van der Waals surface area contributed by atoms with Crippen LogP contribution in [0.15, 0.2) is 12.3 Å². The molecule has 130 valence electrons. The Labute approximate surface area is 142 Å². The Morgan fingerprint density at radius 2 is 1.83 bits per heavy atom. The van der Waals surface area contributed by atoms with Crippen LogP contribution in [-0.2, 0) is 0 Å². The number of carbonyl (C=O) groups is 1. The van der Waals surface area contributed by atoms with Crippen molar-refractivity contribution < 1.29 is 4.79 Å². The van der Waals surface area contributed by atoms with Crippen molar-refractivity contribution in [3.8, 4) is 5.95 Å². The summed E-state index contributed by atoms with van der Waals surface area (Å²) in [5.41, 5.74) is 3.05. The van der Waals surface area contributed by atoms with Gasteiger partial charge in [0.05, 0.1) is 11.3 Å². The number of hydrogen-bond acceptors (Lipinski definition) is 5. The normalized spacial score (nSPS) is 12.5. The molecule has 0 fully saturated rings. The number of nitrogens with one attached hydrogen (secondary N) is 2. The van der Waals surface area contributed by atoms with E-state index in [0.29, 0.717) is 18.1 Å². The molecular weight excluding hydrogens is 304 g/mol. The third kappa shape index (κ3) is 4.17. The van der Waals surface area contributed by atoms with E-state index in [2.05, 4.69) is 25.7 Å². The fourth-order valence-corrected chi connectivity index (χ4v) is 2.34. The summed E-state index contributed by atoms with van der Waals surface area (Å²) in [6.07, 6.45) is 1.71. The van der Waals surface area contributed by atoms with Crippen LogP contribution in [-0.4, -0.2) is 45.3 Å². The highest BCUT2D eigenvalue weighted by Gasteiger charge is 2.20. The molecule has 0 aliphatic carbocycles. The van der Waals surface area contributed by atoms with Crippen molar-refractivity contribution in [3.63, 3.8) is 0 Å². The van der Waals surface area contributed by atoms with Gasteiger partial charge in [-0.15, -0.1) is 0 Å². The summed E-state index contributed by atoms with van der Waals surface area (Å²) in [7, 11) is 1.87. The van der Waals surface area contributed by atoms with Crippen LogP contribution in [0.2, 0.25) is 0 Å². The fraction of sp³-hybridized carbons (Fsp3) is 0.529. The van der Waals surface area contributed by atoms with Gasteiger partial charge in [-0.25, -0.2) is 14.6 Å². The van der Waals surface area contributed by atoms with E-state index >= 15 is 0 Å². The minimum absolute atomic E-state index is 0.125. The smallest absolute Gasteiger partial charge is 0.254 e. The molecule has 2 N–H and O–H groups in total. The summed E-state index contributed by atoms with van der Waals surface area (Å²) in [6, 6.07) is 2.11. The molecule has 1 atom stereocenters. The number of amides is 1. The van der Waals surface area contributed by atoms with Crippen LogP contribution in [0.25, 0.3) is 5.95 Å². The largest absolute Gasteiger partial charge is 0.350 e. The van der Waals surface area contributed by atoms with Crippen LogP contribution in [0.3, 0.4) is 0 Å². The molecule has 0 aliphatic rings. The highest BCUT2D eigenvalue weighted by atomic mass is 16.1. The van der Waals surface area contributed by atoms with Gasteiger partial charge < -0.3 is 10.6 Å². The molecule has 7 nitrogen and oxygen atoms in total. The zero-order chi connectivity index (χ0) is 17.9. The average molecular weight is 330 g/mol. The van der Waals surface area contributed by atoms with Crippen molar-refractivity contribution in [2.45, 2.75) is 46.6 Å². The first-order valence-corrected chi connectivity index (χ1v) is 8.19. The number of aromatic nitrogens is 4. The third-order valence-electron chi connectivity index (χ3n) is 3.77. The Hall–Kier alpha value is -2.28. The molecule has 0 saturated carbocycles. The van der Waals surface area contributed by atoms with Gasteiger partial charge in [-0.05, 0) is 39.8 Å². The van der Waals surface area contributed by atoms with E-state index in [4.69, 9.17) is 0 Å². The van der Waals surface area contributed by atoms with Crippen molar-refractivity contribution in [3.05, 3.63) is 34.9 Å². The summed E-state index contributed by atoms with van der Waals surface area (Å²) in [4.78, 5) is 21.4. The Morgan fingerprint density at radius 1 is 1.21 bits per heavy atom. The molecule has 2 aromatic rings. The standard InChI is InChI=1S/C17H26N6O/c1-10(2)15-14(16(24)19-8-13(5)18-6)9-23(22-15)17-20-11(3)7-12(4)21-17/h7,9-10,13,18H,8H2,1-6H3,(H,19,24). The van der Waals surface area contributed by atoms with E-state index in [1.807, 2.05) is 47.7 Å². The summed E-state index contributed by atoms with van der Waals surface area (Å²) in [5, 5.41) is 10.6. The molecule has 0 radical (unpaired) electrons. The zero-order valence-corrected chi connectivity index (χ0v) is 15.2. The molecule has 1 unspecified atom stereocenters. The number of carbonyl (C=O) groups excluding carboxylic acids is 1. The maximum absolute atomic E-state index is 12.5. The summed E-state index contributed by atoms with van der Waals surface area (Å²) < 4.78 is 1.59. The average Bonchev–Trinajstić information content (AvgIpc) is 2.97. The van der Waals surface area contributed by atoms with E-state index < -0.39 is 0 Å². The second-order valence-electron chi connectivity index (χ2n) is 6.38. The first kappa shape index (κ1) is 18.1. The van der Waals surface area contributed by atoms with Gasteiger partial charge in [-0.3, -0.25) is 4.79 Å². The van der Waals surface area contributed by atoms with E-state index in [1.54, 1.807) is 10.9 Å². The lowest BCUT2D eigenvalue weighted by molar-refractivity contribution is 0.0949. The van der Waals surface area contributed by atoms with Gasteiger partial charge in [-0.1, -0.05) is 13.8 Å². The SMILES string of the molecule is CNC(C)CNC(=O)c1cn(-c2nc(C)cc(C)n2)nc1C(C)C. The summed E-state index contributed by atoms with van der Waals surface area (Å²) in [5.74, 6) is 0.480. The predicted octanol–water partition coefficient (Wildman–Crippen LogP) is 1.74. The quantitative estimate of drug-likeness (QED) is 0.843. The van der Waals surface area contributed by atoms with Gasteiger partial charge in [0.15, 0.2) is 0 Å². The predicted molar refractivity (Wildman–Crippen MR) is 93.6 cm³/mol. The lowest BCUT2D eigenvalue weighted by atomic mass is 10.1. The van der Waals surface area contributed by atoms with Gasteiger partial charge in [0.1, 0.15) is 0 Å². The van der Waals surface area contributed by atoms with E-state index in [0.717, 1.165) is 17.1 Å². The molecule has 24 heavy (non-hydrogen) atoms. The molecule has 2 heterocycles. The topological polar surface area (TPSA) is 84.7 Å². The highest BCUT2D eigenvalue weighted by Crippen LogP contribution is 2.19. The molecule has 1 amide bonds. The van der Waals surface area contributed by atoms with Gasteiger partial charge >= 0.3 is 0 Å². The molecule has 0 saturated heterocycles. The second-order valence-corrected chi connectivity index (χ2v) is 6.38. The monoisotopic (exact) mass is 330 g/mol. The second kappa shape index (κ2) is 7.53. The maximum atomic E-state index is 12.5. The van der Waals surface area contributed by atoms with Crippen LogP contribution >= 0.6 is 0 Å². The van der Waals surface area contributed by atoms with E-state index in [-0.39, 0.29) is 17.9 Å². The summed E-state index contributed by atoms with van der Waals surface area (Å²) >= 11 is 0. The fourth-order valence-electron chi connectivity index (χ4n) is 2.34. The molecule has 0 spiro atoms. The van der Waals surface area contributed by atoms with Crippen LogP contribution in [0.5, 0.6) is 0 Å². The maximum Gasteiger partial charge on any atom is 0.254 e. The molecule has 7 heteroatoms. The van der Waals surface area contributed by atoms with Gasteiger partial charge in [0, 0.05) is 30.2 Å². The molecule has 0 bridgehead atoms. The van der Waals surface area contributed by atoms with Crippen LogP contribution < -0.4 is 10.6 Å². The first-order chi connectivity index (χ1) is 11.3. The van der Waals surface area contributed by atoms with Crippen molar-refractivity contribution in [2.75, 3.05) is 13.6 Å². The number of rotatable bonds is 6. The molecule has 0 aromatic carbocycles. The Balaban J connectivity index is 2.34. The van der Waals surface area contributed by atoms with Gasteiger partial charge in [0.25, 0.3) is 11.9 Å². The van der Waals surface area contributed by atoms with Crippen molar-refractivity contribution in [1.29, 1.82) is 0 Å². The van der Waals surface area contributed by atoms with E-state index in [1.165, 1.54) is 0 Å². The van der Waals surface area contributed by atoms with Crippen LogP contribution in [0.4, 0.5) is 0 Å². The minimum Gasteiger partial charge on any atom is -0.350 e. The van der Waals surface area contributed by atoms with Crippen molar-refractivity contribution >= 4 is 5.91 Å². The lowest BCUT2D eigenvalue weighted by Gasteiger charge is -2.11. The minimum atomic E-state index is -0.128. The Kier molecular flexibility index (Phi) is 5.66. The number of likely N-dealkylation sites (N-methyl/N-ethyl adjacent to an activating group) is 1. The molecule has 2 aromatic heterocycles. The molecule has 0 aliphatic heterocycles. The summed E-state index contributed by atoms with van der Waals surface area (Å²) in [6.45, 7) is 10.4. The van der Waals surface area contributed by atoms with Crippen molar-refractivity contribution in [2.24, 2.45) is 0 Å². The van der Waals surface area contributed by atoms with Crippen LogP contribution in [0.1, 0.15) is 54.1 Å². The van der Waals surface area contributed by atoms with Crippen LogP contribution in [0, 0.1) is 13.8 Å². The van der Waals surface area contributed by atoms with Gasteiger partial charge in [0.2, 0.25) is 0 Å². The number of aryl methyl sites for hydroxylation is 2. The first-order valence-electron chi connectivity index (χ1n) is 8.19. The zero-order valence-electron chi connectivity index (χ0n) is 15.2. The molecule has 2 rings (SSSR count). The van der Waals surface area contributed by atoms with Crippen molar-refractivity contribution in [1.82, 2.24) is 30.4 Å². The van der Waals surface area contributed by atoms with E-state index in [9.17, 15) is 4.79 Å². The Morgan fingerprint density at radius 3 is 2.38 bits per heavy atom. The Bertz CT molecular complexity index is 702. The number of hydrogen-bond donors (Lipinski definition) is 2. The van der Waals surface area contributed by atoms with Gasteiger partial charge in [-0.2, -0.15) is 5.10 Å².